The second kappa shape index (κ2) is 8.07. The molecule has 0 radical (unpaired) electrons. The molecule has 0 aliphatic heterocycles. The molecule has 9 heteroatoms. The number of nitro groups is 1. The van der Waals surface area contributed by atoms with Gasteiger partial charge in [-0.1, -0.05) is 12.1 Å². The van der Waals surface area contributed by atoms with Crippen molar-refractivity contribution in [2.45, 2.75) is 32.6 Å². The van der Waals surface area contributed by atoms with E-state index in [1.165, 1.54) is 24.3 Å². The zero-order valence-electron chi connectivity index (χ0n) is 14.6. The van der Waals surface area contributed by atoms with Gasteiger partial charge in [-0.2, -0.15) is 13.2 Å². The number of nitrogens with one attached hydrogen (secondary N) is 2. The third-order valence-corrected chi connectivity index (χ3v) is 3.61. The monoisotopic (exact) mass is 381 g/mol. The molecule has 0 aliphatic rings. The van der Waals surface area contributed by atoms with Crippen LogP contribution in [0.25, 0.3) is 0 Å². The Kier molecular flexibility index (Phi) is 6.04. The SMILES string of the molecule is CC(C)NC(=O)c1ccc(NCc2cccc(C(F)(F)F)c2)c([N+](=O)[O-])c1. The Morgan fingerprint density at radius 2 is 1.89 bits per heavy atom. The maximum absolute atomic E-state index is 12.8. The summed E-state index contributed by atoms with van der Waals surface area (Å²) in [5.74, 6) is -0.447. The van der Waals surface area contributed by atoms with E-state index in [4.69, 9.17) is 0 Å². The van der Waals surface area contributed by atoms with E-state index in [1.54, 1.807) is 13.8 Å². The van der Waals surface area contributed by atoms with Crippen molar-refractivity contribution in [2.24, 2.45) is 0 Å². The first-order valence-corrected chi connectivity index (χ1v) is 8.07. The number of nitrogens with zero attached hydrogens (tertiary/aromatic N) is 1. The van der Waals surface area contributed by atoms with E-state index in [9.17, 15) is 28.1 Å². The molecule has 27 heavy (non-hydrogen) atoms. The highest BCUT2D eigenvalue weighted by Gasteiger charge is 2.30. The van der Waals surface area contributed by atoms with Crippen LogP contribution in [0.3, 0.4) is 0 Å². The fourth-order valence-electron chi connectivity index (χ4n) is 2.37. The van der Waals surface area contributed by atoms with Crippen LogP contribution in [0.2, 0.25) is 0 Å². The van der Waals surface area contributed by atoms with Crippen molar-refractivity contribution in [3.63, 3.8) is 0 Å². The van der Waals surface area contributed by atoms with Crippen molar-refractivity contribution < 1.29 is 22.9 Å². The lowest BCUT2D eigenvalue weighted by atomic mass is 10.1. The van der Waals surface area contributed by atoms with Gasteiger partial charge in [0.05, 0.1) is 10.5 Å². The number of hydrogen-bond donors (Lipinski definition) is 2. The topological polar surface area (TPSA) is 84.3 Å². The molecule has 0 saturated heterocycles. The average Bonchev–Trinajstić information content (AvgIpc) is 2.58. The van der Waals surface area contributed by atoms with Gasteiger partial charge in [0.1, 0.15) is 5.69 Å². The van der Waals surface area contributed by atoms with Gasteiger partial charge in [-0.15, -0.1) is 0 Å². The first-order chi connectivity index (χ1) is 12.6. The standard InChI is InChI=1S/C18H18F3N3O3/c1-11(2)23-17(25)13-6-7-15(16(9-13)24(26)27)22-10-12-4-3-5-14(8-12)18(19,20)21/h3-9,11,22H,10H2,1-2H3,(H,23,25). The molecule has 0 aliphatic carbocycles. The summed E-state index contributed by atoms with van der Waals surface area (Å²) in [6.45, 7) is 3.48. The first-order valence-electron chi connectivity index (χ1n) is 8.07. The molecule has 6 nitrogen and oxygen atoms in total. The highest BCUT2D eigenvalue weighted by molar-refractivity contribution is 5.95. The molecule has 2 aromatic rings. The fourth-order valence-corrected chi connectivity index (χ4v) is 2.37. The molecular weight excluding hydrogens is 363 g/mol. The van der Waals surface area contributed by atoms with Crippen molar-refractivity contribution >= 4 is 17.3 Å². The summed E-state index contributed by atoms with van der Waals surface area (Å²) in [5.41, 5.74) is -0.574. The molecule has 0 fully saturated rings. The molecule has 1 amide bonds. The number of rotatable bonds is 6. The number of carbonyl (C=O) groups excluding carboxylic acids is 1. The number of hydrogen-bond acceptors (Lipinski definition) is 4. The van der Waals surface area contributed by atoms with E-state index in [2.05, 4.69) is 10.6 Å². The Hall–Kier alpha value is -3.10. The van der Waals surface area contributed by atoms with Gasteiger partial charge in [0.15, 0.2) is 0 Å². The van der Waals surface area contributed by atoms with E-state index in [0.29, 0.717) is 5.56 Å². The molecule has 2 N–H and O–H groups in total. The Labute approximate surface area is 153 Å². The summed E-state index contributed by atoms with van der Waals surface area (Å²) in [6.07, 6.45) is -4.46. The molecule has 0 heterocycles. The summed E-state index contributed by atoms with van der Waals surface area (Å²) in [5, 5.41) is 16.7. The normalized spacial score (nSPS) is 11.3. The molecule has 2 aromatic carbocycles. The van der Waals surface area contributed by atoms with Crippen LogP contribution in [-0.2, 0) is 12.7 Å². The highest BCUT2D eigenvalue weighted by atomic mass is 19.4. The van der Waals surface area contributed by atoms with Gasteiger partial charge in [0, 0.05) is 24.2 Å². The van der Waals surface area contributed by atoms with Crippen molar-refractivity contribution in [2.75, 3.05) is 5.32 Å². The minimum absolute atomic E-state index is 0.0394. The van der Waals surface area contributed by atoms with E-state index >= 15 is 0 Å². The highest BCUT2D eigenvalue weighted by Crippen LogP contribution is 2.30. The van der Waals surface area contributed by atoms with Crippen LogP contribution in [0, 0.1) is 10.1 Å². The number of benzene rings is 2. The predicted octanol–water partition coefficient (Wildman–Crippen LogP) is 4.36. The van der Waals surface area contributed by atoms with Crippen LogP contribution in [-0.4, -0.2) is 16.9 Å². The maximum atomic E-state index is 12.8. The molecule has 0 atom stereocenters. The molecular formula is C18H18F3N3O3. The number of amides is 1. The molecule has 0 saturated carbocycles. The van der Waals surface area contributed by atoms with E-state index in [1.807, 2.05) is 0 Å². The van der Waals surface area contributed by atoms with Crippen molar-refractivity contribution in [3.8, 4) is 0 Å². The number of alkyl halides is 3. The third kappa shape index (κ3) is 5.44. The Bertz CT molecular complexity index is 851. The number of anilines is 1. The molecule has 0 bridgehead atoms. The third-order valence-electron chi connectivity index (χ3n) is 3.61. The van der Waals surface area contributed by atoms with Crippen LogP contribution in [0.15, 0.2) is 42.5 Å². The van der Waals surface area contributed by atoms with Crippen LogP contribution in [0.5, 0.6) is 0 Å². The summed E-state index contributed by atoms with van der Waals surface area (Å²) < 4.78 is 38.3. The van der Waals surface area contributed by atoms with Gasteiger partial charge in [0.25, 0.3) is 11.6 Å². The van der Waals surface area contributed by atoms with Gasteiger partial charge in [-0.25, -0.2) is 0 Å². The number of halogens is 3. The van der Waals surface area contributed by atoms with Gasteiger partial charge in [0.2, 0.25) is 0 Å². The fraction of sp³-hybridized carbons (Fsp3) is 0.278. The molecule has 0 aromatic heterocycles. The zero-order valence-corrected chi connectivity index (χ0v) is 14.6. The first kappa shape index (κ1) is 20.2. The van der Waals surface area contributed by atoms with E-state index in [-0.39, 0.29) is 29.5 Å². The molecule has 144 valence electrons. The minimum atomic E-state index is -4.46. The quantitative estimate of drug-likeness (QED) is 0.575. The number of carbonyl (C=O) groups is 1. The van der Waals surface area contributed by atoms with Gasteiger partial charge >= 0.3 is 6.18 Å². The average molecular weight is 381 g/mol. The van der Waals surface area contributed by atoms with Gasteiger partial charge in [-0.05, 0) is 43.7 Å². The zero-order chi connectivity index (χ0) is 20.2. The minimum Gasteiger partial charge on any atom is -0.375 e. The molecule has 2 rings (SSSR count). The Morgan fingerprint density at radius 3 is 2.48 bits per heavy atom. The Morgan fingerprint density at radius 1 is 1.19 bits per heavy atom. The summed E-state index contributed by atoms with van der Waals surface area (Å²) in [7, 11) is 0. The summed E-state index contributed by atoms with van der Waals surface area (Å²) >= 11 is 0. The molecule has 0 spiro atoms. The van der Waals surface area contributed by atoms with Crippen LogP contribution < -0.4 is 10.6 Å². The lowest BCUT2D eigenvalue weighted by molar-refractivity contribution is -0.384. The number of nitro benzene ring substituents is 1. The summed E-state index contributed by atoms with van der Waals surface area (Å²) in [6, 6.07) is 8.46. The summed E-state index contributed by atoms with van der Waals surface area (Å²) in [4.78, 5) is 22.6. The van der Waals surface area contributed by atoms with E-state index in [0.717, 1.165) is 18.2 Å². The largest absolute Gasteiger partial charge is 0.416 e. The smallest absolute Gasteiger partial charge is 0.375 e. The van der Waals surface area contributed by atoms with Crippen molar-refractivity contribution in [1.29, 1.82) is 0 Å². The van der Waals surface area contributed by atoms with E-state index < -0.39 is 22.6 Å². The Balaban J connectivity index is 2.21. The van der Waals surface area contributed by atoms with Gasteiger partial charge < -0.3 is 10.6 Å². The van der Waals surface area contributed by atoms with Crippen molar-refractivity contribution in [3.05, 3.63) is 69.3 Å². The lowest BCUT2D eigenvalue weighted by Crippen LogP contribution is -2.30. The predicted molar refractivity (Wildman–Crippen MR) is 94.5 cm³/mol. The van der Waals surface area contributed by atoms with Crippen LogP contribution in [0.1, 0.15) is 35.3 Å². The van der Waals surface area contributed by atoms with Crippen LogP contribution in [0.4, 0.5) is 24.5 Å². The van der Waals surface area contributed by atoms with Crippen molar-refractivity contribution in [1.82, 2.24) is 5.32 Å². The second-order valence-corrected chi connectivity index (χ2v) is 6.17. The van der Waals surface area contributed by atoms with Crippen LogP contribution >= 0.6 is 0 Å². The second-order valence-electron chi connectivity index (χ2n) is 6.17. The molecule has 0 unspecified atom stereocenters. The maximum Gasteiger partial charge on any atom is 0.416 e. The lowest BCUT2D eigenvalue weighted by Gasteiger charge is -2.12. The van der Waals surface area contributed by atoms with Gasteiger partial charge in [-0.3, -0.25) is 14.9 Å².